The average molecular weight is 294 g/mol. The summed E-state index contributed by atoms with van der Waals surface area (Å²) < 4.78 is 35.3. The predicted octanol–water partition coefficient (Wildman–Crippen LogP) is 0.957. The number of urea groups is 1. The molecule has 0 fully saturated rings. The van der Waals surface area contributed by atoms with Crippen LogP contribution in [-0.2, 0) is 4.79 Å². The smallest absolute Gasteiger partial charge is 0.329 e. The molecule has 3 amide bonds. The number of carbonyl (C=O) groups is 2. The van der Waals surface area contributed by atoms with Crippen molar-refractivity contribution in [1.82, 2.24) is 20.6 Å². The second kappa shape index (κ2) is 6.92. The van der Waals surface area contributed by atoms with Gasteiger partial charge in [-0.2, -0.15) is 13.2 Å². The topological polar surface area (TPSA) is 84.0 Å². The highest BCUT2D eigenvalue weighted by atomic mass is 32.2. The van der Waals surface area contributed by atoms with Gasteiger partial charge in [0, 0.05) is 12.4 Å². The monoisotopic (exact) mass is 294 g/mol. The molecule has 1 aromatic heterocycles. The number of carbonyl (C=O) groups excluding carboxylic acids is 2. The minimum absolute atomic E-state index is 0.177. The van der Waals surface area contributed by atoms with Gasteiger partial charge < -0.3 is 5.32 Å². The van der Waals surface area contributed by atoms with Crippen LogP contribution in [0, 0.1) is 0 Å². The van der Waals surface area contributed by atoms with Gasteiger partial charge in [-0.1, -0.05) is 11.8 Å². The Morgan fingerprint density at radius 1 is 1.26 bits per heavy atom. The third kappa shape index (κ3) is 7.24. The first-order valence-electron chi connectivity index (χ1n) is 4.91. The quantitative estimate of drug-likeness (QED) is 0.638. The molecule has 19 heavy (non-hydrogen) atoms. The van der Waals surface area contributed by atoms with Crippen molar-refractivity contribution in [3.8, 4) is 0 Å². The molecule has 1 heterocycles. The SMILES string of the molecule is O=C(CSc1ncccn1)NC(=O)NCC(F)(F)F. The number of thioether (sulfide) groups is 1. The molecule has 0 aliphatic heterocycles. The lowest BCUT2D eigenvalue weighted by atomic mass is 10.6. The average Bonchev–Trinajstić information content (AvgIpc) is 2.34. The van der Waals surface area contributed by atoms with Crippen LogP contribution in [0.25, 0.3) is 0 Å². The summed E-state index contributed by atoms with van der Waals surface area (Å²) in [5.74, 6) is -0.916. The normalized spacial score (nSPS) is 10.9. The number of hydrogen-bond acceptors (Lipinski definition) is 5. The van der Waals surface area contributed by atoms with Crippen molar-refractivity contribution < 1.29 is 22.8 Å². The van der Waals surface area contributed by atoms with E-state index in [2.05, 4.69) is 9.97 Å². The molecule has 0 spiro atoms. The fourth-order valence-corrected chi connectivity index (χ4v) is 1.48. The highest BCUT2D eigenvalue weighted by Gasteiger charge is 2.27. The first-order chi connectivity index (χ1) is 8.87. The second-order valence-corrected chi connectivity index (χ2v) is 4.11. The summed E-state index contributed by atoms with van der Waals surface area (Å²) in [7, 11) is 0. The maximum atomic E-state index is 11.8. The highest BCUT2D eigenvalue weighted by Crippen LogP contribution is 2.12. The fourth-order valence-electron chi connectivity index (χ4n) is 0.877. The first kappa shape index (κ1) is 15.2. The highest BCUT2D eigenvalue weighted by molar-refractivity contribution is 7.99. The van der Waals surface area contributed by atoms with Gasteiger partial charge in [-0.15, -0.1) is 0 Å². The molecule has 0 unspecified atom stereocenters. The van der Waals surface area contributed by atoms with E-state index >= 15 is 0 Å². The van der Waals surface area contributed by atoms with E-state index in [-0.39, 0.29) is 5.75 Å². The van der Waals surface area contributed by atoms with Gasteiger partial charge >= 0.3 is 12.2 Å². The molecule has 0 saturated carbocycles. The lowest BCUT2D eigenvalue weighted by Gasteiger charge is -2.08. The molecule has 0 radical (unpaired) electrons. The summed E-state index contributed by atoms with van der Waals surface area (Å²) in [6.45, 7) is -1.50. The number of amides is 3. The van der Waals surface area contributed by atoms with Crippen LogP contribution in [0.15, 0.2) is 23.6 Å². The van der Waals surface area contributed by atoms with Crippen molar-refractivity contribution >= 4 is 23.7 Å². The number of alkyl halides is 3. The zero-order chi connectivity index (χ0) is 14.3. The van der Waals surface area contributed by atoms with E-state index in [1.165, 1.54) is 17.7 Å². The Morgan fingerprint density at radius 3 is 2.47 bits per heavy atom. The molecule has 0 bridgehead atoms. The number of imide groups is 1. The summed E-state index contributed by atoms with van der Waals surface area (Å²) in [4.78, 5) is 29.8. The first-order valence-corrected chi connectivity index (χ1v) is 5.89. The minimum atomic E-state index is -4.52. The lowest BCUT2D eigenvalue weighted by molar-refractivity contribution is -0.124. The standard InChI is InChI=1S/C9H9F3N4O2S/c10-9(11,12)5-15-7(18)16-6(17)4-19-8-13-2-1-3-14-8/h1-3H,4-5H2,(H2,15,16,17,18). The van der Waals surface area contributed by atoms with Crippen LogP contribution in [0.5, 0.6) is 0 Å². The van der Waals surface area contributed by atoms with Crippen molar-refractivity contribution in [2.75, 3.05) is 12.3 Å². The fraction of sp³-hybridized carbons (Fsp3) is 0.333. The van der Waals surface area contributed by atoms with Crippen LogP contribution in [-0.4, -0.2) is 40.4 Å². The van der Waals surface area contributed by atoms with Crippen LogP contribution in [0.2, 0.25) is 0 Å². The molecule has 0 atom stereocenters. The van der Waals surface area contributed by atoms with Crippen molar-refractivity contribution in [3.63, 3.8) is 0 Å². The van der Waals surface area contributed by atoms with E-state index < -0.39 is 24.7 Å². The molecule has 6 nitrogen and oxygen atoms in total. The van der Waals surface area contributed by atoms with Gasteiger partial charge in [-0.05, 0) is 6.07 Å². The molecular weight excluding hydrogens is 285 g/mol. The van der Waals surface area contributed by atoms with Gasteiger partial charge in [-0.3, -0.25) is 10.1 Å². The maximum Gasteiger partial charge on any atom is 0.405 e. The number of halogens is 3. The minimum Gasteiger partial charge on any atom is -0.329 e. The summed E-state index contributed by atoms with van der Waals surface area (Å²) in [5.41, 5.74) is 0. The van der Waals surface area contributed by atoms with Gasteiger partial charge in [0.25, 0.3) is 0 Å². The van der Waals surface area contributed by atoms with Crippen LogP contribution in [0.1, 0.15) is 0 Å². The molecule has 10 heteroatoms. The largest absolute Gasteiger partial charge is 0.405 e. The van der Waals surface area contributed by atoms with E-state index in [1.54, 1.807) is 11.4 Å². The van der Waals surface area contributed by atoms with Gasteiger partial charge in [0.2, 0.25) is 5.91 Å². The molecule has 104 valence electrons. The maximum absolute atomic E-state index is 11.8. The molecular formula is C9H9F3N4O2S. The number of aromatic nitrogens is 2. The van der Waals surface area contributed by atoms with Crippen LogP contribution in [0.4, 0.5) is 18.0 Å². The molecule has 1 rings (SSSR count). The van der Waals surface area contributed by atoms with Crippen molar-refractivity contribution in [1.29, 1.82) is 0 Å². The molecule has 0 aliphatic rings. The summed E-state index contributed by atoms with van der Waals surface area (Å²) >= 11 is 0.958. The van der Waals surface area contributed by atoms with Crippen molar-refractivity contribution in [3.05, 3.63) is 18.5 Å². The molecule has 2 N–H and O–H groups in total. The molecule has 0 saturated heterocycles. The third-order valence-corrected chi connectivity index (χ3v) is 2.45. The predicted molar refractivity (Wildman–Crippen MR) is 60.4 cm³/mol. The third-order valence-electron chi connectivity index (χ3n) is 1.58. The molecule has 0 aromatic carbocycles. The van der Waals surface area contributed by atoms with E-state index in [4.69, 9.17) is 0 Å². The zero-order valence-corrected chi connectivity index (χ0v) is 10.2. The molecule has 0 aliphatic carbocycles. The summed E-state index contributed by atoms with van der Waals surface area (Å²) in [6, 6.07) is 0.395. The Morgan fingerprint density at radius 2 is 1.89 bits per heavy atom. The van der Waals surface area contributed by atoms with Gasteiger partial charge in [0.1, 0.15) is 6.54 Å². The van der Waals surface area contributed by atoms with Gasteiger partial charge in [0.15, 0.2) is 5.16 Å². The zero-order valence-electron chi connectivity index (χ0n) is 9.40. The lowest BCUT2D eigenvalue weighted by Crippen LogP contribution is -2.43. The van der Waals surface area contributed by atoms with E-state index in [1.807, 2.05) is 0 Å². The Balaban J connectivity index is 2.26. The van der Waals surface area contributed by atoms with Gasteiger partial charge in [0.05, 0.1) is 5.75 Å². The molecule has 1 aromatic rings. The van der Waals surface area contributed by atoms with E-state index in [0.29, 0.717) is 5.16 Å². The number of hydrogen-bond donors (Lipinski definition) is 2. The second-order valence-electron chi connectivity index (χ2n) is 3.17. The number of nitrogens with one attached hydrogen (secondary N) is 2. The Labute approximate surface area is 110 Å². The number of nitrogens with zero attached hydrogens (tertiary/aromatic N) is 2. The Kier molecular flexibility index (Phi) is 5.55. The van der Waals surface area contributed by atoms with Crippen molar-refractivity contribution in [2.45, 2.75) is 11.3 Å². The Bertz CT molecular complexity index is 441. The number of rotatable bonds is 4. The summed E-state index contributed by atoms with van der Waals surface area (Å²) in [5, 5.41) is 3.60. The van der Waals surface area contributed by atoms with Gasteiger partial charge in [-0.25, -0.2) is 14.8 Å². The van der Waals surface area contributed by atoms with E-state index in [9.17, 15) is 22.8 Å². The summed E-state index contributed by atoms with van der Waals surface area (Å²) in [6.07, 6.45) is -1.57. The van der Waals surface area contributed by atoms with Crippen LogP contribution < -0.4 is 10.6 Å². The van der Waals surface area contributed by atoms with Crippen molar-refractivity contribution in [2.24, 2.45) is 0 Å². The van der Waals surface area contributed by atoms with Crippen LogP contribution in [0.3, 0.4) is 0 Å². The van der Waals surface area contributed by atoms with E-state index in [0.717, 1.165) is 11.8 Å². The Hall–Kier alpha value is -1.84. The van der Waals surface area contributed by atoms with Crippen LogP contribution >= 0.6 is 11.8 Å².